The number of phenols is 6. The number of aromatic hydroxyl groups is 6. The Morgan fingerprint density at radius 3 is 2.20 bits per heavy atom. The van der Waals surface area contributed by atoms with Crippen molar-refractivity contribution in [3.63, 3.8) is 0 Å². The van der Waals surface area contributed by atoms with Crippen LogP contribution in [0.25, 0.3) is 0 Å². The largest absolute Gasteiger partial charge is 0.507 e. The van der Waals surface area contributed by atoms with E-state index in [4.69, 9.17) is 9.47 Å². The van der Waals surface area contributed by atoms with Crippen molar-refractivity contribution in [1.29, 1.82) is 0 Å². The molecule has 35 heavy (non-hydrogen) atoms. The van der Waals surface area contributed by atoms with Crippen molar-refractivity contribution >= 4 is 5.97 Å². The fourth-order valence-electron chi connectivity index (χ4n) is 4.28. The Bertz CT molecular complexity index is 1290. The van der Waals surface area contributed by atoms with Gasteiger partial charge < -0.3 is 45.2 Å². The number of methoxy groups -OCH3 is 1. The monoisotopic (exact) mass is 484 g/mol. The number of hydrogen-bond donors (Lipinski definition) is 7. The highest BCUT2D eigenvalue weighted by Gasteiger charge is 2.37. The molecule has 10 heteroatoms. The smallest absolute Gasteiger partial charge is 0.306 e. The third-order valence-electron chi connectivity index (χ3n) is 6.06. The van der Waals surface area contributed by atoms with Crippen molar-refractivity contribution in [3.05, 3.63) is 64.7 Å². The normalized spacial score (nSPS) is 17.8. The third kappa shape index (κ3) is 4.43. The first-order valence-electron chi connectivity index (χ1n) is 10.6. The Balaban J connectivity index is 1.88. The van der Waals surface area contributed by atoms with Gasteiger partial charge in [0.25, 0.3) is 0 Å². The van der Waals surface area contributed by atoms with Crippen LogP contribution in [0.15, 0.2) is 42.5 Å². The van der Waals surface area contributed by atoms with Gasteiger partial charge in [0.05, 0.1) is 19.6 Å². The molecule has 0 unspecified atom stereocenters. The average molecular weight is 484 g/mol. The van der Waals surface area contributed by atoms with Crippen LogP contribution in [0, 0.1) is 0 Å². The minimum absolute atomic E-state index is 0.00633. The number of fused-ring (bicyclic) bond motifs is 1. The molecule has 0 aromatic heterocycles. The van der Waals surface area contributed by atoms with Crippen LogP contribution in [0.5, 0.6) is 40.2 Å². The van der Waals surface area contributed by atoms with Crippen LogP contribution in [-0.4, -0.2) is 54.9 Å². The predicted molar refractivity (Wildman–Crippen MR) is 121 cm³/mol. The van der Waals surface area contributed by atoms with Crippen LogP contribution in [-0.2, 0) is 16.0 Å². The molecule has 0 fully saturated rings. The van der Waals surface area contributed by atoms with Crippen molar-refractivity contribution in [1.82, 2.24) is 0 Å². The van der Waals surface area contributed by atoms with Gasteiger partial charge in [0, 0.05) is 29.5 Å². The number of phenolic OH excluding ortho intramolecular Hbond substituents is 6. The second-order valence-electron chi connectivity index (χ2n) is 8.28. The predicted octanol–water partition coefficient (Wildman–Crippen LogP) is 2.65. The van der Waals surface area contributed by atoms with Crippen molar-refractivity contribution in [2.24, 2.45) is 0 Å². The van der Waals surface area contributed by atoms with E-state index in [-0.39, 0.29) is 47.0 Å². The lowest BCUT2D eigenvalue weighted by atomic mass is 9.83. The van der Waals surface area contributed by atoms with E-state index in [1.807, 2.05) is 0 Å². The summed E-state index contributed by atoms with van der Waals surface area (Å²) in [7, 11) is 1.19. The van der Waals surface area contributed by atoms with Gasteiger partial charge in [-0.3, -0.25) is 4.79 Å². The molecule has 10 nitrogen and oxygen atoms in total. The minimum Gasteiger partial charge on any atom is -0.507 e. The molecule has 3 aromatic carbocycles. The number of ether oxygens (including phenoxy) is 2. The lowest BCUT2D eigenvalue weighted by Crippen LogP contribution is -2.31. The Labute approximate surface area is 199 Å². The molecule has 0 saturated carbocycles. The fourth-order valence-corrected chi connectivity index (χ4v) is 4.28. The van der Waals surface area contributed by atoms with Gasteiger partial charge in [-0.15, -0.1) is 0 Å². The lowest BCUT2D eigenvalue weighted by Gasteiger charge is -2.34. The second kappa shape index (κ2) is 9.15. The van der Waals surface area contributed by atoms with E-state index >= 15 is 0 Å². The molecule has 1 heterocycles. The lowest BCUT2D eigenvalue weighted by molar-refractivity contribution is -0.140. The van der Waals surface area contributed by atoms with Crippen LogP contribution < -0.4 is 4.74 Å². The van der Waals surface area contributed by atoms with Gasteiger partial charge >= 0.3 is 5.97 Å². The number of carbonyl (C=O) groups excluding carboxylic acids is 1. The van der Waals surface area contributed by atoms with E-state index in [1.165, 1.54) is 43.5 Å². The van der Waals surface area contributed by atoms with E-state index in [0.717, 1.165) is 6.07 Å². The summed E-state index contributed by atoms with van der Waals surface area (Å²) in [6, 6.07) is 8.88. The van der Waals surface area contributed by atoms with Crippen molar-refractivity contribution in [3.8, 4) is 40.2 Å². The van der Waals surface area contributed by atoms with E-state index in [0.29, 0.717) is 11.1 Å². The number of aliphatic hydroxyl groups excluding tert-OH is 1. The summed E-state index contributed by atoms with van der Waals surface area (Å²) >= 11 is 0. The van der Waals surface area contributed by atoms with Gasteiger partial charge in [-0.1, -0.05) is 12.1 Å². The standard InChI is InChI=1S/C25H24O10/c1-34-22(33)9-13(11-2-4-15(26)18(29)6-11)23-20(31)10-17(28)14-8-21(32)24(35-25(14)23)12-3-5-16(27)19(30)7-12/h2-7,10,13,21,24,26-32H,8-9H2,1H3/t13-,21+,24-/m1/s1. The molecule has 0 bridgehead atoms. The number of hydrogen-bond acceptors (Lipinski definition) is 10. The molecule has 7 N–H and O–H groups in total. The Kier molecular flexibility index (Phi) is 6.23. The van der Waals surface area contributed by atoms with Gasteiger partial charge in [-0.2, -0.15) is 0 Å². The summed E-state index contributed by atoms with van der Waals surface area (Å²) in [4.78, 5) is 12.3. The quantitative estimate of drug-likeness (QED) is 0.210. The van der Waals surface area contributed by atoms with Crippen LogP contribution in [0.2, 0.25) is 0 Å². The molecule has 0 aliphatic carbocycles. The first kappa shape index (κ1) is 23.8. The highest BCUT2D eigenvalue weighted by Crippen LogP contribution is 2.51. The van der Waals surface area contributed by atoms with Gasteiger partial charge in [0.1, 0.15) is 23.4 Å². The molecule has 0 amide bonds. The minimum atomic E-state index is -1.16. The van der Waals surface area contributed by atoms with E-state index in [1.54, 1.807) is 0 Å². The number of benzene rings is 3. The topological polar surface area (TPSA) is 177 Å². The zero-order valence-electron chi connectivity index (χ0n) is 18.5. The van der Waals surface area contributed by atoms with Crippen molar-refractivity contribution in [2.45, 2.75) is 31.0 Å². The zero-order valence-corrected chi connectivity index (χ0v) is 18.5. The Morgan fingerprint density at radius 2 is 1.57 bits per heavy atom. The van der Waals surface area contributed by atoms with Crippen molar-refractivity contribution < 1.29 is 50.0 Å². The molecule has 4 rings (SSSR count). The second-order valence-corrected chi connectivity index (χ2v) is 8.28. The van der Waals surface area contributed by atoms with Gasteiger partial charge in [0.2, 0.25) is 0 Å². The third-order valence-corrected chi connectivity index (χ3v) is 6.06. The van der Waals surface area contributed by atoms with Gasteiger partial charge in [-0.25, -0.2) is 0 Å². The van der Waals surface area contributed by atoms with Gasteiger partial charge in [-0.05, 0) is 35.4 Å². The molecule has 1 aliphatic heterocycles. The number of rotatable bonds is 5. The van der Waals surface area contributed by atoms with E-state index < -0.39 is 41.3 Å². The van der Waals surface area contributed by atoms with Crippen molar-refractivity contribution in [2.75, 3.05) is 7.11 Å². The zero-order chi connectivity index (χ0) is 25.4. The summed E-state index contributed by atoms with van der Waals surface area (Å²) in [5.41, 5.74) is 0.928. The molecule has 0 saturated heterocycles. The number of carbonyl (C=O) groups is 1. The summed E-state index contributed by atoms with van der Waals surface area (Å²) in [6.07, 6.45) is -2.60. The molecule has 0 radical (unpaired) electrons. The summed E-state index contributed by atoms with van der Waals surface area (Å²) in [5, 5.41) is 71.4. The Morgan fingerprint density at radius 1 is 0.914 bits per heavy atom. The first-order valence-corrected chi connectivity index (χ1v) is 10.6. The van der Waals surface area contributed by atoms with E-state index in [2.05, 4.69) is 0 Å². The fraction of sp³-hybridized carbons (Fsp3) is 0.240. The van der Waals surface area contributed by atoms with Crippen LogP contribution >= 0.6 is 0 Å². The van der Waals surface area contributed by atoms with Crippen LogP contribution in [0.3, 0.4) is 0 Å². The molecule has 0 spiro atoms. The van der Waals surface area contributed by atoms with Crippen LogP contribution in [0.1, 0.15) is 40.7 Å². The molecular formula is C25H24O10. The highest BCUT2D eigenvalue weighted by molar-refractivity contribution is 5.73. The van der Waals surface area contributed by atoms with E-state index in [9.17, 15) is 40.5 Å². The summed E-state index contributed by atoms with van der Waals surface area (Å²) in [5.74, 6) is -3.93. The highest BCUT2D eigenvalue weighted by atomic mass is 16.5. The molecular weight excluding hydrogens is 460 g/mol. The number of aliphatic hydroxyl groups is 1. The average Bonchev–Trinajstić information content (AvgIpc) is 2.82. The van der Waals surface area contributed by atoms with Crippen LogP contribution in [0.4, 0.5) is 0 Å². The SMILES string of the molecule is COC(=O)C[C@H](c1ccc(O)c(O)c1)c1c(O)cc(O)c2c1O[C@H](c1ccc(O)c(O)c1)[C@@H](O)C2. The van der Waals surface area contributed by atoms with Gasteiger partial charge in [0.15, 0.2) is 23.0 Å². The maximum Gasteiger partial charge on any atom is 0.306 e. The number of esters is 1. The summed E-state index contributed by atoms with van der Waals surface area (Å²) in [6.45, 7) is 0. The molecule has 184 valence electrons. The maximum atomic E-state index is 12.3. The molecule has 1 aliphatic rings. The summed E-state index contributed by atoms with van der Waals surface area (Å²) < 4.78 is 10.9. The molecule has 3 atom stereocenters. The Hall–Kier alpha value is -4.31. The maximum absolute atomic E-state index is 12.3. The first-order chi connectivity index (χ1) is 16.6. The molecule has 3 aromatic rings.